The van der Waals surface area contributed by atoms with Gasteiger partial charge >= 0.3 is 0 Å². The largest absolute Gasteiger partial charge is 0.468 e. The van der Waals surface area contributed by atoms with Gasteiger partial charge < -0.3 is 4.42 Å². The molecular weight excluding hydrogens is 298 g/mol. The standard InChI is InChI=1S/C21H23NO2/c23-19-8-10-21(14-17-5-2-1-3-6-17)16-22(11-9-18(21)13-19)15-20-7-4-12-24-20/h1-7,12-13H,8-11,14-16H2. The molecule has 24 heavy (non-hydrogen) atoms. The van der Waals surface area contributed by atoms with E-state index in [1.54, 1.807) is 6.26 Å². The summed E-state index contributed by atoms with van der Waals surface area (Å²) in [6, 6.07) is 14.7. The predicted octanol–water partition coefficient (Wildman–Crippen LogP) is 4.00. The number of benzene rings is 1. The van der Waals surface area contributed by atoms with Crippen molar-refractivity contribution in [2.24, 2.45) is 5.41 Å². The maximum Gasteiger partial charge on any atom is 0.155 e. The van der Waals surface area contributed by atoms with Crippen LogP contribution in [0.15, 0.2) is 64.8 Å². The monoisotopic (exact) mass is 321 g/mol. The topological polar surface area (TPSA) is 33.5 Å². The summed E-state index contributed by atoms with van der Waals surface area (Å²) in [6.07, 6.45) is 7.31. The van der Waals surface area contributed by atoms with Crippen molar-refractivity contribution in [3.8, 4) is 0 Å². The summed E-state index contributed by atoms with van der Waals surface area (Å²) in [5, 5.41) is 0. The fourth-order valence-corrected chi connectivity index (χ4v) is 4.25. The van der Waals surface area contributed by atoms with Crippen LogP contribution in [0.1, 0.15) is 30.6 Å². The molecule has 0 spiro atoms. The first-order chi connectivity index (χ1) is 11.7. The van der Waals surface area contributed by atoms with E-state index in [4.69, 9.17) is 4.42 Å². The van der Waals surface area contributed by atoms with E-state index in [1.807, 2.05) is 18.2 Å². The molecule has 1 aromatic heterocycles. The average Bonchev–Trinajstić information content (AvgIpc) is 3.09. The molecule has 3 heteroatoms. The smallest absolute Gasteiger partial charge is 0.155 e. The second-order valence-corrected chi connectivity index (χ2v) is 7.12. The highest BCUT2D eigenvalue weighted by Crippen LogP contribution is 2.45. The van der Waals surface area contributed by atoms with Crippen molar-refractivity contribution in [3.63, 3.8) is 0 Å². The highest BCUT2D eigenvalue weighted by molar-refractivity contribution is 5.91. The molecule has 2 heterocycles. The normalized spacial score (nSPS) is 24.5. The number of likely N-dealkylation sites (tertiary alicyclic amines) is 1. The molecule has 1 aliphatic heterocycles. The van der Waals surface area contributed by atoms with Crippen molar-refractivity contribution >= 4 is 5.78 Å². The zero-order chi connectivity index (χ0) is 16.4. The molecule has 1 unspecified atom stereocenters. The van der Waals surface area contributed by atoms with Crippen molar-refractivity contribution in [3.05, 3.63) is 71.7 Å². The van der Waals surface area contributed by atoms with Crippen molar-refractivity contribution < 1.29 is 9.21 Å². The molecule has 0 amide bonds. The van der Waals surface area contributed by atoms with Gasteiger partial charge in [0.1, 0.15) is 5.76 Å². The molecule has 0 saturated carbocycles. The maximum absolute atomic E-state index is 11.9. The highest BCUT2D eigenvalue weighted by atomic mass is 16.3. The van der Waals surface area contributed by atoms with Gasteiger partial charge in [0.25, 0.3) is 0 Å². The van der Waals surface area contributed by atoms with E-state index in [0.29, 0.717) is 12.2 Å². The number of rotatable bonds is 4. The van der Waals surface area contributed by atoms with Crippen LogP contribution in [0.3, 0.4) is 0 Å². The zero-order valence-corrected chi connectivity index (χ0v) is 13.9. The summed E-state index contributed by atoms with van der Waals surface area (Å²) in [5.74, 6) is 1.32. The first-order valence-corrected chi connectivity index (χ1v) is 8.76. The molecule has 0 N–H and O–H groups in total. The number of hydrogen-bond donors (Lipinski definition) is 0. The second kappa shape index (κ2) is 6.40. The van der Waals surface area contributed by atoms with Gasteiger partial charge in [0.2, 0.25) is 0 Å². The lowest BCUT2D eigenvalue weighted by atomic mass is 9.65. The summed E-state index contributed by atoms with van der Waals surface area (Å²) in [4.78, 5) is 14.4. The van der Waals surface area contributed by atoms with Gasteiger partial charge in [-0.3, -0.25) is 9.69 Å². The fraction of sp³-hybridized carbons (Fsp3) is 0.381. The van der Waals surface area contributed by atoms with Crippen molar-refractivity contribution in [1.29, 1.82) is 0 Å². The lowest BCUT2D eigenvalue weighted by molar-refractivity contribution is -0.116. The maximum atomic E-state index is 11.9. The lowest BCUT2D eigenvalue weighted by Crippen LogP contribution is -2.47. The molecule has 124 valence electrons. The van der Waals surface area contributed by atoms with Crippen LogP contribution >= 0.6 is 0 Å². The van der Waals surface area contributed by atoms with Crippen LogP contribution in [-0.2, 0) is 17.8 Å². The summed E-state index contributed by atoms with van der Waals surface area (Å²) in [5.41, 5.74) is 2.82. The summed E-state index contributed by atoms with van der Waals surface area (Å²) in [7, 11) is 0. The number of allylic oxidation sites excluding steroid dienone is 1. The summed E-state index contributed by atoms with van der Waals surface area (Å²) < 4.78 is 5.53. The Morgan fingerprint density at radius 1 is 1.08 bits per heavy atom. The van der Waals surface area contributed by atoms with Crippen LogP contribution in [0.4, 0.5) is 0 Å². The van der Waals surface area contributed by atoms with Gasteiger partial charge in [-0.1, -0.05) is 35.9 Å². The summed E-state index contributed by atoms with van der Waals surface area (Å²) >= 11 is 0. The van der Waals surface area contributed by atoms with Crippen LogP contribution in [0.2, 0.25) is 0 Å². The van der Waals surface area contributed by atoms with Gasteiger partial charge in [-0.2, -0.15) is 0 Å². The number of piperidine rings is 1. The Bertz CT molecular complexity index is 732. The Balaban J connectivity index is 1.60. The number of hydrogen-bond acceptors (Lipinski definition) is 3. The van der Waals surface area contributed by atoms with Crippen molar-refractivity contribution in [2.75, 3.05) is 13.1 Å². The number of ketones is 1. The molecule has 1 atom stereocenters. The van der Waals surface area contributed by atoms with E-state index in [9.17, 15) is 4.79 Å². The van der Waals surface area contributed by atoms with Crippen LogP contribution in [-0.4, -0.2) is 23.8 Å². The SMILES string of the molecule is O=C1C=C2CCN(Cc3ccco3)CC2(Cc2ccccc2)CC1. The average molecular weight is 321 g/mol. The Kier molecular flexibility index (Phi) is 4.11. The molecule has 3 nitrogen and oxygen atoms in total. The van der Waals surface area contributed by atoms with E-state index in [-0.39, 0.29) is 5.41 Å². The lowest BCUT2D eigenvalue weighted by Gasteiger charge is -2.46. The molecule has 1 saturated heterocycles. The predicted molar refractivity (Wildman–Crippen MR) is 93.5 cm³/mol. The second-order valence-electron chi connectivity index (χ2n) is 7.12. The number of carbonyl (C=O) groups excluding carboxylic acids is 1. The van der Waals surface area contributed by atoms with Crippen LogP contribution in [0.25, 0.3) is 0 Å². The first-order valence-electron chi connectivity index (χ1n) is 8.76. The number of carbonyl (C=O) groups is 1. The van der Waals surface area contributed by atoms with Crippen LogP contribution < -0.4 is 0 Å². The Hall–Kier alpha value is -2.13. The van der Waals surface area contributed by atoms with Gasteiger partial charge in [0, 0.05) is 24.9 Å². The third kappa shape index (κ3) is 3.09. The van der Waals surface area contributed by atoms with Gasteiger partial charge in [0.15, 0.2) is 5.78 Å². The molecule has 4 rings (SSSR count). The van der Waals surface area contributed by atoms with Crippen molar-refractivity contribution in [1.82, 2.24) is 4.90 Å². The van der Waals surface area contributed by atoms with Crippen molar-refractivity contribution in [2.45, 2.75) is 32.2 Å². The molecule has 1 fully saturated rings. The third-order valence-corrected chi connectivity index (χ3v) is 5.43. The molecule has 0 radical (unpaired) electrons. The minimum atomic E-state index is 0.0973. The number of furan rings is 1. The van der Waals surface area contributed by atoms with E-state index in [1.165, 1.54) is 11.1 Å². The zero-order valence-electron chi connectivity index (χ0n) is 13.9. The van der Waals surface area contributed by atoms with Crippen LogP contribution in [0.5, 0.6) is 0 Å². The van der Waals surface area contributed by atoms with E-state index >= 15 is 0 Å². The molecule has 1 aliphatic carbocycles. The Morgan fingerprint density at radius 2 is 1.96 bits per heavy atom. The minimum Gasteiger partial charge on any atom is -0.468 e. The van der Waals surface area contributed by atoms with Crippen LogP contribution in [0, 0.1) is 5.41 Å². The minimum absolute atomic E-state index is 0.0973. The van der Waals surface area contributed by atoms with Gasteiger partial charge in [0.05, 0.1) is 12.8 Å². The molecule has 0 bridgehead atoms. The highest BCUT2D eigenvalue weighted by Gasteiger charge is 2.41. The molecule has 1 aromatic carbocycles. The Labute approximate surface area is 143 Å². The fourth-order valence-electron chi connectivity index (χ4n) is 4.25. The molecule has 2 aromatic rings. The quantitative estimate of drug-likeness (QED) is 0.853. The van der Waals surface area contributed by atoms with E-state index in [2.05, 4.69) is 35.2 Å². The van der Waals surface area contributed by atoms with E-state index in [0.717, 1.165) is 44.7 Å². The summed E-state index contributed by atoms with van der Waals surface area (Å²) in [6.45, 7) is 2.85. The Morgan fingerprint density at radius 3 is 2.75 bits per heavy atom. The number of nitrogens with zero attached hydrogens (tertiary/aromatic N) is 1. The van der Waals surface area contributed by atoms with E-state index < -0.39 is 0 Å². The molecular formula is C21H23NO2. The third-order valence-electron chi connectivity index (χ3n) is 5.43. The van der Waals surface area contributed by atoms with Gasteiger partial charge in [-0.25, -0.2) is 0 Å². The number of fused-ring (bicyclic) bond motifs is 1. The molecule has 2 aliphatic rings. The first kappa shape index (κ1) is 15.4. The van der Waals surface area contributed by atoms with Gasteiger partial charge in [-0.05, 0) is 43.0 Å². The van der Waals surface area contributed by atoms with Gasteiger partial charge in [-0.15, -0.1) is 0 Å².